The molecule has 1 fully saturated rings. The van der Waals surface area contributed by atoms with Crippen LogP contribution in [-0.4, -0.2) is 29.0 Å². The quantitative estimate of drug-likeness (QED) is 0.766. The zero-order valence-corrected chi connectivity index (χ0v) is 11.8. The summed E-state index contributed by atoms with van der Waals surface area (Å²) in [6.07, 6.45) is 3.57. The van der Waals surface area contributed by atoms with Crippen molar-refractivity contribution in [3.05, 3.63) is 0 Å². The molecule has 0 saturated heterocycles. The number of rotatable bonds is 3. The van der Waals surface area contributed by atoms with E-state index < -0.39 is 5.60 Å². The number of amides is 1. The van der Waals surface area contributed by atoms with Crippen molar-refractivity contribution >= 4 is 17.5 Å². The molecule has 1 rings (SSSR count). The lowest BCUT2D eigenvalue weighted by atomic mass is 9.68. The van der Waals surface area contributed by atoms with Gasteiger partial charge in [0.25, 0.3) is 0 Å². The summed E-state index contributed by atoms with van der Waals surface area (Å²) in [5.74, 6) is 0.408. The van der Waals surface area contributed by atoms with Gasteiger partial charge in [0.05, 0.1) is 5.60 Å². The summed E-state index contributed by atoms with van der Waals surface area (Å²) in [7, 11) is 0. The topological polar surface area (TPSA) is 49.3 Å². The van der Waals surface area contributed by atoms with Crippen molar-refractivity contribution in [2.75, 3.05) is 12.4 Å². The average Bonchev–Trinajstić information content (AvgIpc) is 2.25. The van der Waals surface area contributed by atoms with E-state index in [1.165, 1.54) is 0 Å². The second-order valence-electron chi connectivity index (χ2n) is 6.28. The summed E-state index contributed by atoms with van der Waals surface area (Å²) in [4.78, 5) is 11.1. The van der Waals surface area contributed by atoms with E-state index in [4.69, 9.17) is 11.6 Å². The van der Waals surface area contributed by atoms with Gasteiger partial charge in [-0.05, 0) is 37.0 Å². The Morgan fingerprint density at radius 2 is 1.94 bits per heavy atom. The number of hydrogen-bond donors (Lipinski definition) is 2. The van der Waals surface area contributed by atoms with E-state index in [-0.39, 0.29) is 11.8 Å². The van der Waals surface area contributed by atoms with E-state index in [2.05, 4.69) is 26.1 Å². The number of aliphatic hydroxyl groups is 1. The first-order chi connectivity index (χ1) is 7.77. The van der Waals surface area contributed by atoms with Crippen molar-refractivity contribution in [1.29, 1.82) is 0 Å². The van der Waals surface area contributed by atoms with Crippen LogP contribution in [0, 0.1) is 11.3 Å². The molecular formula is C13H24ClNO2. The van der Waals surface area contributed by atoms with E-state index in [0.29, 0.717) is 17.9 Å². The highest BCUT2D eigenvalue weighted by atomic mass is 35.5. The molecule has 0 heterocycles. The zero-order valence-electron chi connectivity index (χ0n) is 11.1. The molecule has 0 unspecified atom stereocenters. The van der Waals surface area contributed by atoms with Crippen LogP contribution in [0.4, 0.5) is 0 Å². The minimum absolute atomic E-state index is 0.0410. The molecule has 0 aromatic rings. The lowest BCUT2D eigenvalue weighted by Gasteiger charge is -2.41. The Morgan fingerprint density at radius 3 is 2.35 bits per heavy atom. The van der Waals surface area contributed by atoms with Crippen LogP contribution in [0.15, 0.2) is 0 Å². The number of carbonyl (C=O) groups excluding carboxylic acids is 1. The van der Waals surface area contributed by atoms with Crippen LogP contribution >= 0.6 is 11.6 Å². The standard InChI is InChI=1S/C13H24ClNO2/c1-12(2,3)10-4-6-13(17,7-5-10)9-15-11(16)8-14/h10,17H,4-9H2,1-3H3,(H,15,16). The number of nitrogens with one attached hydrogen (secondary N) is 1. The Morgan fingerprint density at radius 1 is 1.41 bits per heavy atom. The molecule has 0 aromatic heterocycles. The van der Waals surface area contributed by atoms with Gasteiger partial charge in [0.15, 0.2) is 0 Å². The lowest BCUT2D eigenvalue weighted by Crippen LogP contribution is -2.46. The average molecular weight is 262 g/mol. The summed E-state index contributed by atoms with van der Waals surface area (Å²) in [6, 6.07) is 0. The minimum Gasteiger partial charge on any atom is -0.388 e. The van der Waals surface area contributed by atoms with E-state index in [0.717, 1.165) is 25.7 Å². The molecule has 1 aliphatic carbocycles. The molecular weight excluding hydrogens is 238 g/mol. The lowest BCUT2D eigenvalue weighted by molar-refractivity contribution is -0.120. The highest BCUT2D eigenvalue weighted by molar-refractivity contribution is 6.27. The molecule has 17 heavy (non-hydrogen) atoms. The highest BCUT2D eigenvalue weighted by Gasteiger charge is 2.37. The van der Waals surface area contributed by atoms with Crippen LogP contribution in [0.1, 0.15) is 46.5 Å². The monoisotopic (exact) mass is 261 g/mol. The smallest absolute Gasteiger partial charge is 0.235 e. The summed E-state index contributed by atoms with van der Waals surface area (Å²) in [5, 5.41) is 13.0. The first kappa shape index (κ1) is 14.8. The molecule has 1 aliphatic rings. The first-order valence-electron chi connectivity index (χ1n) is 6.32. The van der Waals surface area contributed by atoms with Gasteiger partial charge in [0.2, 0.25) is 5.91 Å². The molecule has 3 nitrogen and oxygen atoms in total. The third kappa shape index (κ3) is 4.47. The van der Waals surface area contributed by atoms with Gasteiger partial charge in [0, 0.05) is 6.54 Å². The molecule has 2 N–H and O–H groups in total. The predicted molar refractivity (Wildman–Crippen MR) is 70.1 cm³/mol. The Hall–Kier alpha value is -0.280. The maximum Gasteiger partial charge on any atom is 0.235 e. The number of halogens is 1. The van der Waals surface area contributed by atoms with Crippen LogP contribution in [0.3, 0.4) is 0 Å². The van der Waals surface area contributed by atoms with Crippen molar-refractivity contribution in [1.82, 2.24) is 5.32 Å². The van der Waals surface area contributed by atoms with Gasteiger partial charge >= 0.3 is 0 Å². The maximum absolute atomic E-state index is 11.1. The van der Waals surface area contributed by atoms with E-state index >= 15 is 0 Å². The maximum atomic E-state index is 11.1. The van der Waals surface area contributed by atoms with E-state index in [9.17, 15) is 9.90 Å². The van der Waals surface area contributed by atoms with Crippen molar-refractivity contribution < 1.29 is 9.90 Å². The van der Waals surface area contributed by atoms with Crippen LogP contribution < -0.4 is 5.32 Å². The fourth-order valence-electron chi connectivity index (χ4n) is 2.51. The summed E-state index contributed by atoms with van der Waals surface area (Å²) in [5.41, 5.74) is -0.426. The Bertz CT molecular complexity index is 265. The Kier molecular flexibility index (Phi) is 4.85. The normalized spacial score (nSPS) is 30.1. The van der Waals surface area contributed by atoms with Gasteiger partial charge in [0.1, 0.15) is 5.88 Å². The van der Waals surface area contributed by atoms with E-state index in [1.807, 2.05) is 0 Å². The van der Waals surface area contributed by atoms with Gasteiger partial charge in [-0.2, -0.15) is 0 Å². The Labute approximate surface area is 109 Å². The predicted octanol–water partition coefficient (Wildman–Crippen LogP) is 2.31. The molecule has 0 aromatic carbocycles. The summed E-state index contributed by atoms with van der Waals surface area (Å²) >= 11 is 5.40. The molecule has 0 radical (unpaired) electrons. The summed E-state index contributed by atoms with van der Waals surface area (Å²) < 4.78 is 0. The largest absolute Gasteiger partial charge is 0.388 e. The third-order valence-electron chi connectivity index (χ3n) is 3.88. The Balaban J connectivity index is 2.41. The zero-order chi connectivity index (χ0) is 13.1. The van der Waals surface area contributed by atoms with Gasteiger partial charge < -0.3 is 10.4 Å². The second-order valence-corrected chi connectivity index (χ2v) is 6.54. The van der Waals surface area contributed by atoms with Gasteiger partial charge in [-0.25, -0.2) is 0 Å². The first-order valence-corrected chi connectivity index (χ1v) is 6.85. The SMILES string of the molecule is CC(C)(C)C1CCC(O)(CNC(=O)CCl)CC1. The van der Waals surface area contributed by atoms with Crippen molar-refractivity contribution in [3.63, 3.8) is 0 Å². The van der Waals surface area contributed by atoms with Gasteiger partial charge in [-0.15, -0.1) is 11.6 Å². The number of hydrogen-bond acceptors (Lipinski definition) is 2. The molecule has 0 bridgehead atoms. The number of alkyl halides is 1. The van der Waals surface area contributed by atoms with Crippen molar-refractivity contribution in [2.24, 2.45) is 11.3 Å². The van der Waals surface area contributed by atoms with Crippen molar-refractivity contribution in [2.45, 2.75) is 52.1 Å². The fourth-order valence-corrected chi connectivity index (χ4v) is 2.60. The molecule has 0 atom stereocenters. The van der Waals surface area contributed by atoms with Gasteiger partial charge in [-0.3, -0.25) is 4.79 Å². The van der Waals surface area contributed by atoms with Crippen LogP contribution in [0.5, 0.6) is 0 Å². The molecule has 0 aliphatic heterocycles. The minimum atomic E-state index is -0.733. The molecule has 1 amide bonds. The van der Waals surface area contributed by atoms with Crippen LogP contribution in [-0.2, 0) is 4.79 Å². The van der Waals surface area contributed by atoms with E-state index in [1.54, 1.807) is 0 Å². The van der Waals surface area contributed by atoms with Crippen LogP contribution in [0.2, 0.25) is 0 Å². The third-order valence-corrected chi connectivity index (χ3v) is 4.12. The van der Waals surface area contributed by atoms with Gasteiger partial charge in [-0.1, -0.05) is 20.8 Å². The van der Waals surface area contributed by atoms with Crippen molar-refractivity contribution in [3.8, 4) is 0 Å². The summed E-state index contributed by atoms with van der Waals surface area (Å²) in [6.45, 7) is 7.07. The molecule has 4 heteroatoms. The fraction of sp³-hybridized carbons (Fsp3) is 0.923. The highest BCUT2D eigenvalue weighted by Crippen LogP contribution is 2.41. The van der Waals surface area contributed by atoms with Crippen LogP contribution in [0.25, 0.3) is 0 Å². The molecule has 1 saturated carbocycles. The number of carbonyl (C=O) groups is 1. The second kappa shape index (κ2) is 5.57. The molecule has 100 valence electrons. The molecule has 0 spiro atoms.